The highest BCUT2D eigenvalue weighted by Gasteiger charge is 2.30. The van der Waals surface area contributed by atoms with Crippen LogP contribution in [0.3, 0.4) is 0 Å². The molecule has 3 nitrogen and oxygen atoms in total. The van der Waals surface area contributed by atoms with E-state index in [0.29, 0.717) is 13.1 Å². The molecular weight excluding hydrogens is 197 g/mol. The lowest BCUT2D eigenvalue weighted by Gasteiger charge is -2.22. The van der Waals surface area contributed by atoms with Gasteiger partial charge in [0.25, 0.3) is 0 Å². The molecular formula is C8H15F3N2O. The van der Waals surface area contributed by atoms with Crippen LogP contribution in [0.5, 0.6) is 0 Å². The maximum Gasteiger partial charge on any atom is 0.522 e. The third-order valence-electron chi connectivity index (χ3n) is 2.42. The van der Waals surface area contributed by atoms with Gasteiger partial charge in [0.1, 0.15) is 0 Å². The zero-order valence-corrected chi connectivity index (χ0v) is 7.89. The minimum atomic E-state index is -4.52. The van der Waals surface area contributed by atoms with E-state index in [1.807, 2.05) is 4.90 Å². The molecule has 0 saturated carbocycles. The number of ether oxygens (including phenoxy) is 1. The van der Waals surface area contributed by atoms with Gasteiger partial charge in [0.15, 0.2) is 0 Å². The summed E-state index contributed by atoms with van der Waals surface area (Å²) in [4.78, 5) is 1.95. The molecule has 84 valence electrons. The zero-order valence-electron chi connectivity index (χ0n) is 7.89. The van der Waals surface area contributed by atoms with Crippen molar-refractivity contribution in [2.24, 2.45) is 5.73 Å². The van der Waals surface area contributed by atoms with Gasteiger partial charge in [-0.05, 0) is 19.4 Å². The molecule has 0 aromatic carbocycles. The molecule has 1 rings (SSSR count). The minimum Gasteiger partial charge on any atom is -0.329 e. The van der Waals surface area contributed by atoms with Crippen molar-refractivity contribution >= 4 is 0 Å². The fourth-order valence-corrected chi connectivity index (χ4v) is 1.74. The molecule has 14 heavy (non-hydrogen) atoms. The molecule has 1 saturated heterocycles. The summed E-state index contributed by atoms with van der Waals surface area (Å²) in [6, 6.07) is 0.229. The number of likely N-dealkylation sites (tertiary alicyclic amines) is 1. The number of hydrogen-bond donors (Lipinski definition) is 1. The molecule has 0 aliphatic carbocycles. The molecule has 0 radical (unpaired) electrons. The summed E-state index contributed by atoms with van der Waals surface area (Å²) in [5.74, 6) is 0. The van der Waals surface area contributed by atoms with Crippen molar-refractivity contribution in [1.82, 2.24) is 4.90 Å². The van der Waals surface area contributed by atoms with Crippen molar-refractivity contribution in [1.29, 1.82) is 0 Å². The highest BCUT2D eigenvalue weighted by molar-refractivity contribution is 4.79. The second kappa shape index (κ2) is 4.95. The van der Waals surface area contributed by atoms with Gasteiger partial charge in [0.2, 0.25) is 0 Å². The van der Waals surface area contributed by atoms with Gasteiger partial charge in [0, 0.05) is 19.1 Å². The van der Waals surface area contributed by atoms with Crippen LogP contribution in [-0.4, -0.2) is 43.5 Å². The molecule has 0 aromatic heterocycles. The van der Waals surface area contributed by atoms with Gasteiger partial charge in [-0.15, -0.1) is 13.2 Å². The van der Waals surface area contributed by atoms with Crippen molar-refractivity contribution in [3.63, 3.8) is 0 Å². The SMILES string of the molecule is NCC1CCCN1CCOC(F)(F)F. The van der Waals surface area contributed by atoms with Crippen LogP contribution in [0.2, 0.25) is 0 Å². The first-order valence-corrected chi connectivity index (χ1v) is 4.68. The molecule has 0 spiro atoms. The summed E-state index contributed by atoms with van der Waals surface area (Å²) in [7, 11) is 0. The number of halogens is 3. The maximum absolute atomic E-state index is 11.6. The second-order valence-corrected chi connectivity index (χ2v) is 3.36. The minimum absolute atomic E-state index is 0.229. The van der Waals surface area contributed by atoms with Crippen LogP contribution in [0.15, 0.2) is 0 Å². The highest BCUT2D eigenvalue weighted by Crippen LogP contribution is 2.18. The van der Waals surface area contributed by atoms with Crippen molar-refractivity contribution < 1.29 is 17.9 Å². The first kappa shape index (κ1) is 11.7. The van der Waals surface area contributed by atoms with E-state index in [-0.39, 0.29) is 12.6 Å². The summed E-state index contributed by atoms with van der Waals surface area (Å²) < 4.78 is 38.6. The molecule has 1 heterocycles. The third kappa shape index (κ3) is 3.81. The van der Waals surface area contributed by atoms with Gasteiger partial charge in [-0.3, -0.25) is 9.64 Å². The number of nitrogens with two attached hydrogens (primary N) is 1. The summed E-state index contributed by atoms with van der Waals surface area (Å²) in [5, 5.41) is 0. The Bertz CT molecular complexity index is 174. The lowest BCUT2D eigenvalue weighted by Crippen LogP contribution is -2.38. The quantitative estimate of drug-likeness (QED) is 0.754. The van der Waals surface area contributed by atoms with E-state index in [4.69, 9.17) is 5.73 Å². The van der Waals surface area contributed by atoms with E-state index in [0.717, 1.165) is 19.4 Å². The van der Waals surface area contributed by atoms with Crippen LogP contribution in [0, 0.1) is 0 Å². The average Bonchev–Trinajstić information content (AvgIpc) is 2.49. The summed E-state index contributed by atoms with van der Waals surface area (Å²) in [5.41, 5.74) is 5.48. The van der Waals surface area contributed by atoms with E-state index in [2.05, 4.69) is 4.74 Å². The van der Waals surface area contributed by atoms with Crippen molar-refractivity contribution in [2.75, 3.05) is 26.2 Å². The first-order valence-electron chi connectivity index (χ1n) is 4.68. The van der Waals surface area contributed by atoms with E-state index in [1.54, 1.807) is 0 Å². The average molecular weight is 212 g/mol. The number of hydrogen-bond acceptors (Lipinski definition) is 3. The molecule has 0 aromatic rings. The standard InChI is InChI=1S/C8H15F3N2O/c9-8(10,11)14-5-4-13-3-1-2-7(13)6-12/h7H,1-6,12H2. The normalized spacial score (nSPS) is 24.4. The summed E-state index contributed by atoms with van der Waals surface area (Å²) in [6.07, 6.45) is -2.53. The van der Waals surface area contributed by atoms with Gasteiger partial charge in [0.05, 0.1) is 6.61 Å². The third-order valence-corrected chi connectivity index (χ3v) is 2.42. The Morgan fingerprint density at radius 3 is 2.71 bits per heavy atom. The summed E-state index contributed by atoms with van der Waals surface area (Å²) >= 11 is 0. The van der Waals surface area contributed by atoms with Crippen LogP contribution in [0.1, 0.15) is 12.8 Å². The molecule has 0 bridgehead atoms. The topological polar surface area (TPSA) is 38.5 Å². The molecule has 1 aliphatic rings. The van der Waals surface area contributed by atoms with Crippen LogP contribution < -0.4 is 5.73 Å². The lowest BCUT2D eigenvalue weighted by atomic mass is 10.2. The molecule has 2 N–H and O–H groups in total. The highest BCUT2D eigenvalue weighted by atomic mass is 19.4. The van der Waals surface area contributed by atoms with E-state index >= 15 is 0 Å². The van der Waals surface area contributed by atoms with Crippen LogP contribution in [-0.2, 0) is 4.74 Å². The van der Waals surface area contributed by atoms with Crippen molar-refractivity contribution in [3.05, 3.63) is 0 Å². The number of alkyl halides is 3. The molecule has 1 aliphatic heterocycles. The Morgan fingerprint density at radius 2 is 2.14 bits per heavy atom. The largest absolute Gasteiger partial charge is 0.522 e. The van der Waals surface area contributed by atoms with Crippen molar-refractivity contribution in [3.8, 4) is 0 Å². The zero-order chi connectivity index (χ0) is 10.6. The number of rotatable bonds is 4. The fraction of sp³-hybridized carbons (Fsp3) is 1.00. The van der Waals surface area contributed by atoms with Gasteiger partial charge in [-0.25, -0.2) is 0 Å². The predicted molar refractivity (Wildman–Crippen MR) is 45.7 cm³/mol. The van der Waals surface area contributed by atoms with E-state index in [9.17, 15) is 13.2 Å². The first-order chi connectivity index (χ1) is 6.53. The monoisotopic (exact) mass is 212 g/mol. The Morgan fingerprint density at radius 1 is 1.43 bits per heavy atom. The Hall–Kier alpha value is -0.330. The van der Waals surface area contributed by atoms with E-state index < -0.39 is 6.36 Å². The lowest BCUT2D eigenvalue weighted by molar-refractivity contribution is -0.325. The van der Waals surface area contributed by atoms with Crippen LogP contribution in [0.25, 0.3) is 0 Å². The molecule has 1 unspecified atom stereocenters. The van der Waals surface area contributed by atoms with E-state index in [1.165, 1.54) is 0 Å². The predicted octanol–water partition coefficient (Wildman–Crippen LogP) is 0.946. The fourth-order valence-electron chi connectivity index (χ4n) is 1.74. The van der Waals surface area contributed by atoms with Gasteiger partial charge in [-0.2, -0.15) is 0 Å². The smallest absolute Gasteiger partial charge is 0.329 e. The summed E-state index contributed by atoms with van der Waals surface area (Å²) in [6.45, 7) is 1.33. The maximum atomic E-state index is 11.6. The van der Waals surface area contributed by atoms with Crippen LogP contribution in [0.4, 0.5) is 13.2 Å². The van der Waals surface area contributed by atoms with Gasteiger partial charge < -0.3 is 5.73 Å². The molecule has 1 atom stereocenters. The Balaban J connectivity index is 2.18. The van der Waals surface area contributed by atoms with Gasteiger partial charge in [-0.1, -0.05) is 0 Å². The van der Waals surface area contributed by atoms with Gasteiger partial charge >= 0.3 is 6.36 Å². The Kier molecular flexibility index (Phi) is 4.15. The molecule has 6 heteroatoms. The molecule has 1 fully saturated rings. The second-order valence-electron chi connectivity index (χ2n) is 3.36. The number of nitrogens with zero attached hydrogens (tertiary/aromatic N) is 1. The molecule has 0 amide bonds. The van der Waals surface area contributed by atoms with Crippen LogP contribution >= 0.6 is 0 Å². The Labute approximate surface area is 81.0 Å². The van der Waals surface area contributed by atoms with Crippen molar-refractivity contribution in [2.45, 2.75) is 25.2 Å².